The van der Waals surface area contributed by atoms with Crippen LogP contribution in [0.25, 0.3) is 0 Å². The van der Waals surface area contributed by atoms with Gasteiger partial charge >= 0.3 is 6.09 Å². The molecule has 1 aliphatic heterocycles. The van der Waals surface area contributed by atoms with Gasteiger partial charge < -0.3 is 20.1 Å². The van der Waals surface area contributed by atoms with Gasteiger partial charge in [-0.3, -0.25) is 0 Å². The zero-order valence-electron chi connectivity index (χ0n) is 10.3. The van der Waals surface area contributed by atoms with Crippen LogP contribution < -0.4 is 5.73 Å². The van der Waals surface area contributed by atoms with Crippen LogP contribution in [0.3, 0.4) is 0 Å². The van der Waals surface area contributed by atoms with Crippen molar-refractivity contribution < 1.29 is 14.3 Å². The molecule has 6 heteroatoms. The second-order valence-corrected chi connectivity index (χ2v) is 4.93. The molecular formula is C10H21ClN2O3. The Hall–Kier alpha value is -0.520. The van der Waals surface area contributed by atoms with Crippen molar-refractivity contribution in [2.45, 2.75) is 32.0 Å². The highest BCUT2D eigenvalue weighted by Crippen LogP contribution is 2.25. The quantitative estimate of drug-likeness (QED) is 0.797. The van der Waals surface area contributed by atoms with Gasteiger partial charge in [0.15, 0.2) is 0 Å². The number of ether oxygens (including phenoxy) is 2. The van der Waals surface area contributed by atoms with E-state index in [4.69, 9.17) is 15.2 Å². The number of likely N-dealkylation sites (tertiary alicyclic amines) is 1. The molecule has 96 valence electrons. The number of nitrogens with zero attached hydrogens (tertiary/aromatic N) is 1. The van der Waals surface area contributed by atoms with Gasteiger partial charge in [-0.1, -0.05) is 0 Å². The van der Waals surface area contributed by atoms with E-state index in [0.717, 1.165) is 0 Å². The molecule has 0 radical (unpaired) electrons. The minimum Gasteiger partial charge on any atom is -0.444 e. The molecule has 1 rings (SSSR count). The Morgan fingerprint density at radius 2 is 1.94 bits per heavy atom. The lowest BCUT2D eigenvalue weighted by molar-refractivity contribution is -0.114. The van der Waals surface area contributed by atoms with Gasteiger partial charge in [-0.15, -0.1) is 12.4 Å². The summed E-state index contributed by atoms with van der Waals surface area (Å²) in [5.41, 5.74) is 4.75. The number of halogens is 1. The van der Waals surface area contributed by atoms with E-state index in [-0.39, 0.29) is 24.1 Å². The van der Waals surface area contributed by atoms with E-state index < -0.39 is 5.60 Å². The molecule has 0 atom stereocenters. The molecule has 1 amide bonds. The van der Waals surface area contributed by atoms with Crippen molar-refractivity contribution in [1.29, 1.82) is 0 Å². The SMILES string of the molecule is COC1(CN)CN(C(=O)OC(C)(C)C)C1.Cl. The lowest BCUT2D eigenvalue weighted by Gasteiger charge is -2.48. The normalized spacial score (nSPS) is 18.4. The van der Waals surface area contributed by atoms with Gasteiger partial charge in [0.1, 0.15) is 11.2 Å². The number of hydrogen-bond acceptors (Lipinski definition) is 4. The molecule has 1 aliphatic rings. The third kappa shape index (κ3) is 3.50. The van der Waals surface area contributed by atoms with Crippen molar-refractivity contribution in [1.82, 2.24) is 4.90 Å². The second kappa shape index (κ2) is 5.21. The lowest BCUT2D eigenvalue weighted by Crippen LogP contribution is -2.68. The molecule has 16 heavy (non-hydrogen) atoms. The van der Waals surface area contributed by atoms with E-state index in [1.54, 1.807) is 12.0 Å². The van der Waals surface area contributed by atoms with Crippen molar-refractivity contribution in [3.8, 4) is 0 Å². The largest absolute Gasteiger partial charge is 0.444 e. The average molecular weight is 253 g/mol. The van der Waals surface area contributed by atoms with Gasteiger partial charge in [-0.2, -0.15) is 0 Å². The van der Waals surface area contributed by atoms with Crippen LogP contribution in [0.15, 0.2) is 0 Å². The highest BCUT2D eigenvalue weighted by Gasteiger charge is 2.45. The number of methoxy groups -OCH3 is 1. The Balaban J connectivity index is 0.00000225. The molecule has 0 aromatic heterocycles. The van der Waals surface area contributed by atoms with Crippen LogP contribution in [-0.2, 0) is 9.47 Å². The van der Waals surface area contributed by atoms with Gasteiger partial charge in [0.2, 0.25) is 0 Å². The summed E-state index contributed by atoms with van der Waals surface area (Å²) in [6.07, 6.45) is -0.302. The Labute approximate surface area is 103 Å². The highest BCUT2D eigenvalue weighted by molar-refractivity contribution is 5.85. The van der Waals surface area contributed by atoms with Gasteiger partial charge in [-0.25, -0.2) is 4.79 Å². The van der Waals surface area contributed by atoms with Crippen LogP contribution in [-0.4, -0.2) is 48.9 Å². The van der Waals surface area contributed by atoms with Crippen LogP contribution in [0.4, 0.5) is 4.79 Å². The minimum absolute atomic E-state index is 0. The second-order valence-electron chi connectivity index (χ2n) is 4.93. The highest BCUT2D eigenvalue weighted by atomic mass is 35.5. The maximum atomic E-state index is 11.6. The van der Waals surface area contributed by atoms with Gasteiger partial charge in [-0.05, 0) is 20.8 Å². The first kappa shape index (κ1) is 15.5. The summed E-state index contributed by atoms with van der Waals surface area (Å²) in [6.45, 7) is 6.97. The molecule has 0 unspecified atom stereocenters. The number of amides is 1. The Kier molecular flexibility index (Phi) is 5.04. The molecule has 5 nitrogen and oxygen atoms in total. The Bertz CT molecular complexity index is 241. The third-order valence-corrected chi connectivity index (χ3v) is 2.41. The predicted octanol–water partition coefficient (Wildman–Crippen LogP) is 1.00. The molecule has 0 bridgehead atoms. The summed E-state index contributed by atoms with van der Waals surface area (Å²) < 4.78 is 10.5. The van der Waals surface area contributed by atoms with Crippen molar-refractivity contribution >= 4 is 18.5 Å². The van der Waals surface area contributed by atoms with Crippen LogP contribution >= 0.6 is 12.4 Å². The summed E-state index contributed by atoms with van der Waals surface area (Å²) in [6, 6.07) is 0. The van der Waals surface area contributed by atoms with Crippen molar-refractivity contribution in [3.63, 3.8) is 0 Å². The summed E-state index contributed by atoms with van der Waals surface area (Å²) in [7, 11) is 1.61. The van der Waals surface area contributed by atoms with Gasteiger partial charge in [0, 0.05) is 13.7 Å². The summed E-state index contributed by atoms with van der Waals surface area (Å²) >= 11 is 0. The molecule has 0 aromatic rings. The Morgan fingerprint density at radius 1 is 1.44 bits per heavy atom. The van der Waals surface area contributed by atoms with Gasteiger partial charge in [0.25, 0.3) is 0 Å². The van der Waals surface area contributed by atoms with E-state index in [1.165, 1.54) is 0 Å². The molecule has 0 saturated carbocycles. The molecule has 1 saturated heterocycles. The molecule has 0 spiro atoms. The number of carbonyl (C=O) groups excluding carboxylic acids is 1. The van der Waals surface area contributed by atoms with E-state index in [9.17, 15) is 4.79 Å². The first-order valence-corrected chi connectivity index (χ1v) is 5.05. The summed E-state index contributed by atoms with van der Waals surface area (Å²) in [5, 5.41) is 0. The summed E-state index contributed by atoms with van der Waals surface area (Å²) in [4.78, 5) is 13.2. The lowest BCUT2D eigenvalue weighted by atomic mass is 9.95. The topological polar surface area (TPSA) is 64.8 Å². The minimum atomic E-state index is -0.453. The van der Waals surface area contributed by atoms with Crippen molar-refractivity contribution in [2.24, 2.45) is 5.73 Å². The zero-order chi connectivity index (χ0) is 11.7. The Morgan fingerprint density at radius 3 is 2.25 bits per heavy atom. The maximum Gasteiger partial charge on any atom is 0.410 e. The maximum absolute atomic E-state index is 11.6. The standard InChI is InChI=1S/C10H20N2O3.ClH/c1-9(2,3)15-8(13)12-6-10(5-11,7-12)14-4;/h5-7,11H2,1-4H3;1H. The van der Waals surface area contributed by atoms with Crippen LogP contribution in [0.1, 0.15) is 20.8 Å². The van der Waals surface area contributed by atoms with Gasteiger partial charge in [0.05, 0.1) is 13.1 Å². The smallest absolute Gasteiger partial charge is 0.410 e. The fraction of sp³-hybridized carbons (Fsp3) is 0.900. The third-order valence-electron chi connectivity index (χ3n) is 2.41. The number of hydrogen-bond donors (Lipinski definition) is 1. The first-order valence-electron chi connectivity index (χ1n) is 5.05. The fourth-order valence-electron chi connectivity index (χ4n) is 1.45. The summed E-state index contributed by atoms with van der Waals surface area (Å²) in [5.74, 6) is 0. The first-order chi connectivity index (χ1) is 6.82. The van der Waals surface area contributed by atoms with E-state index in [1.807, 2.05) is 20.8 Å². The molecular weight excluding hydrogens is 232 g/mol. The molecule has 2 N–H and O–H groups in total. The van der Waals surface area contributed by atoms with E-state index >= 15 is 0 Å². The average Bonchev–Trinajstić information content (AvgIpc) is 2.00. The van der Waals surface area contributed by atoms with Crippen LogP contribution in [0.5, 0.6) is 0 Å². The van der Waals surface area contributed by atoms with Crippen molar-refractivity contribution in [3.05, 3.63) is 0 Å². The molecule has 1 heterocycles. The fourth-order valence-corrected chi connectivity index (χ4v) is 1.45. The predicted molar refractivity (Wildman–Crippen MR) is 63.8 cm³/mol. The zero-order valence-corrected chi connectivity index (χ0v) is 11.1. The number of nitrogens with two attached hydrogens (primary N) is 1. The molecule has 0 aliphatic carbocycles. The van der Waals surface area contributed by atoms with Crippen molar-refractivity contribution in [2.75, 3.05) is 26.7 Å². The number of carbonyl (C=O) groups is 1. The molecule has 0 aromatic carbocycles. The monoisotopic (exact) mass is 252 g/mol. The molecule has 1 fully saturated rings. The van der Waals surface area contributed by atoms with Crippen LogP contribution in [0.2, 0.25) is 0 Å². The van der Waals surface area contributed by atoms with Crippen LogP contribution in [0, 0.1) is 0 Å². The van der Waals surface area contributed by atoms with E-state index in [2.05, 4.69) is 0 Å². The number of rotatable bonds is 2. The van der Waals surface area contributed by atoms with E-state index in [0.29, 0.717) is 19.6 Å².